The molecule has 0 spiro atoms. The molecule has 0 saturated carbocycles. The average molecular weight is 286 g/mol. The Bertz CT molecular complexity index is 573. The van der Waals surface area contributed by atoms with Crippen LogP contribution < -0.4 is 10.1 Å². The molecule has 2 aromatic rings. The number of nitrogens with zero attached hydrogens (tertiary/aromatic N) is 1. The summed E-state index contributed by atoms with van der Waals surface area (Å²) in [6, 6.07) is 10.1. The molecule has 21 heavy (non-hydrogen) atoms. The van der Waals surface area contributed by atoms with Crippen LogP contribution in [0.4, 0.5) is 0 Å². The fraction of sp³-hybridized carbons (Fsp3) is 0.500. The lowest BCUT2D eigenvalue weighted by Crippen LogP contribution is -2.35. The highest BCUT2D eigenvalue weighted by molar-refractivity contribution is 5.84. The first-order valence-electron chi connectivity index (χ1n) is 7.65. The van der Waals surface area contributed by atoms with Crippen molar-refractivity contribution in [3.05, 3.63) is 36.5 Å². The van der Waals surface area contributed by atoms with Gasteiger partial charge in [-0.3, -0.25) is 4.98 Å². The molecule has 1 aromatic carbocycles. The molecular weight excluding hydrogens is 260 g/mol. The van der Waals surface area contributed by atoms with Gasteiger partial charge < -0.3 is 10.1 Å². The van der Waals surface area contributed by atoms with E-state index < -0.39 is 0 Å². The maximum absolute atomic E-state index is 6.04. The minimum Gasteiger partial charge on any atom is -0.491 e. The molecule has 0 aliphatic carbocycles. The van der Waals surface area contributed by atoms with E-state index in [0.29, 0.717) is 12.5 Å². The number of hydrogen-bond acceptors (Lipinski definition) is 3. The van der Waals surface area contributed by atoms with E-state index in [1.807, 2.05) is 24.4 Å². The van der Waals surface area contributed by atoms with Gasteiger partial charge >= 0.3 is 0 Å². The van der Waals surface area contributed by atoms with Gasteiger partial charge in [-0.1, -0.05) is 45.9 Å². The molecule has 0 bridgehead atoms. The highest BCUT2D eigenvalue weighted by Crippen LogP contribution is 2.25. The number of rotatable bonds is 7. The lowest BCUT2D eigenvalue weighted by molar-refractivity contribution is 0.176. The second-order valence-electron chi connectivity index (χ2n) is 6.81. The van der Waals surface area contributed by atoms with Crippen LogP contribution in [0.15, 0.2) is 36.5 Å². The predicted molar refractivity (Wildman–Crippen MR) is 88.7 cm³/mol. The van der Waals surface area contributed by atoms with Gasteiger partial charge in [0.25, 0.3) is 0 Å². The number of para-hydroxylation sites is 1. The SMILES string of the molecule is CC(C)CNCC(C)(C)COc1cccc2cccnc12. The first-order chi connectivity index (χ1) is 9.98. The van der Waals surface area contributed by atoms with Crippen molar-refractivity contribution in [2.75, 3.05) is 19.7 Å². The Morgan fingerprint density at radius 2 is 1.95 bits per heavy atom. The van der Waals surface area contributed by atoms with E-state index in [0.717, 1.165) is 29.7 Å². The van der Waals surface area contributed by atoms with E-state index >= 15 is 0 Å². The molecule has 3 nitrogen and oxygen atoms in total. The summed E-state index contributed by atoms with van der Waals surface area (Å²) in [5.74, 6) is 1.54. The van der Waals surface area contributed by atoms with E-state index in [4.69, 9.17) is 4.74 Å². The maximum Gasteiger partial charge on any atom is 0.145 e. The number of hydrogen-bond donors (Lipinski definition) is 1. The molecule has 1 N–H and O–H groups in total. The highest BCUT2D eigenvalue weighted by atomic mass is 16.5. The number of pyridine rings is 1. The second kappa shape index (κ2) is 6.90. The molecule has 1 aromatic heterocycles. The average Bonchev–Trinajstić information content (AvgIpc) is 2.44. The summed E-state index contributed by atoms with van der Waals surface area (Å²) >= 11 is 0. The second-order valence-corrected chi connectivity index (χ2v) is 6.81. The van der Waals surface area contributed by atoms with Crippen LogP contribution >= 0.6 is 0 Å². The van der Waals surface area contributed by atoms with Gasteiger partial charge in [0.15, 0.2) is 0 Å². The van der Waals surface area contributed by atoms with E-state index in [9.17, 15) is 0 Å². The zero-order chi connectivity index (χ0) is 15.3. The number of nitrogens with one attached hydrogen (secondary N) is 1. The Morgan fingerprint density at radius 1 is 1.19 bits per heavy atom. The van der Waals surface area contributed by atoms with E-state index in [2.05, 4.69) is 50.1 Å². The Morgan fingerprint density at radius 3 is 2.71 bits per heavy atom. The standard InChI is InChI=1S/C18H26N2O/c1-14(2)11-19-12-18(3,4)13-21-16-9-5-7-15-8-6-10-20-17(15)16/h5-10,14,19H,11-13H2,1-4H3. The van der Waals surface area contributed by atoms with Crippen LogP contribution in [0.5, 0.6) is 5.75 Å². The zero-order valence-corrected chi connectivity index (χ0v) is 13.5. The van der Waals surface area contributed by atoms with Gasteiger partial charge in [0.2, 0.25) is 0 Å². The summed E-state index contributed by atoms with van der Waals surface area (Å²) in [7, 11) is 0. The van der Waals surface area contributed by atoms with Crippen LogP contribution in [0.2, 0.25) is 0 Å². The molecule has 114 valence electrons. The van der Waals surface area contributed by atoms with E-state index in [1.54, 1.807) is 0 Å². The van der Waals surface area contributed by atoms with Gasteiger partial charge in [-0.05, 0) is 24.6 Å². The number of aromatic nitrogens is 1. The third-order valence-corrected chi connectivity index (χ3v) is 3.37. The van der Waals surface area contributed by atoms with Crippen molar-refractivity contribution in [3.63, 3.8) is 0 Å². The van der Waals surface area contributed by atoms with Crippen molar-refractivity contribution in [2.45, 2.75) is 27.7 Å². The molecular formula is C18H26N2O. The monoisotopic (exact) mass is 286 g/mol. The van der Waals surface area contributed by atoms with Crippen molar-refractivity contribution in [1.29, 1.82) is 0 Å². The fourth-order valence-electron chi connectivity index (χ4n) is 2.22. The van der Waals surface area contributed by atoms with Crippen LogP contribution in [0.25, 0.3) is 10.9 Å². The Hall–Kier alpha value is -1.61. The van der Waals surface area contributed by atoms with Crippen molar-refractivity contribution < 1.29 is 4.74 Å². The summed E-state index contributed by atoms with van der Waals surface area (Å²) in [5, 5.41) is 4.62. The van der Waals surface area contributed by atoms with Gasteiger partial charge in [0.05, 0.1) is 6.61 Å². The van der Waals surface area contributed by atoms with Gasteiger partial charge in [0, 0.05) is 23.5 Å². The lowest BCUT2D eigenvalue weighted by atomic mass is 9.94. The highest BCUT2D eigenvalue weighted by Gasteiger charge is 2.19. The van der Waals surface area contributed by atoms with Crippen LogP contribution in [-0.4, -0.2) is 24.7 Å². The van der Waals surface area contributed by atoms with Crippen molar-refractivity contribution in [2.24, 2.45) is 11.3 Å². The molecule has 0 aliphatic rings. The van der Waals surface area contributed by atoms with Crippen LogP contribution in [0.1, 0.15) is 27.7 Å². The smallest absolute Gasteiger partial charge is 0.145 e. The van der Waals surface area contributed by atoms with Crippen molar-refractivity contribution >= 4 is 10.9 Å². The van der Waals surface area contributed by atoms with Gasteiger partial charge in [-0.15, -0.1) is 0 Å². The normalized spacial score (nSPS) is 12.0. The molecule has 0 saturated heterocycles. The van der Waals surface area contributed by atoms with E-state index in [1.165, 1.54) is 0 Å². The molecule has 3 heteroatoms. The largest absolute Gasteiger partial charge is 0.491 e. The van der Waals surface area contributed by atoms with Gasteiger partial charge in [-0.2, -0.15) is 0 Å². The predicted octanol–water partition coefficient (Wildman–Crippen LogP) is 3.89. The first-order valence-corrected chi connectivity index (χ1v) is 7.65. The van der Waals surface area contributed by atoms with Crippen LogP contribution in [0, 0.1) is 11.3 Å². The minimum absolute atomic E-state index is 0.0891. The molecule has 0 fully saturated rings. The van der Waals surface area contributed by atoms with Crippen molar-refractivity contribution in [3.8, 4) is 5.75 Å². The number of fused-ring (bicyclic) bond motifs is 1. The van der Waals surface area contributed by atoms with Crippen LogP contribution in [-0.2, 0) is 0 Å². The Labute approximate surface area is 127 Å². The first kappa shape index (κ1) is 15.8. The van der Waals surface area contributed by atoms with Gasteiger partial charge in [0.1, 0.15) is 11.3 Å². The van der Waals surface area contributed by atoms with E-state index in [-0.39, 0.29) is 5.41 Å². The third-order valence-electron chi connectivity index (χ3n) is 3.37. The van der Waals surface area contributed by atoms with Crippen molar-refractivity contribution in [1.82, 2.24) is 10.3 Å². The number of benzene rings is 1. The fourth-order valence-corrected chi connectivity index (χ4v) is 2.22. The Kier molecular flexibility index (Phi) is 5.18. The molecule has 0 unspecified atom stereocenters. The summed E-state index contributed by atoms with van der Waals surface area (Å²) in [6.45, 7) is 11.5. The lowest BCUT2D eigenvalue weighted by Gasteiger charge is -2.26. The quantitative estimate of drug-likeness (QED) is 0.838. The Balaban J connectivity index is 1.97. The molecule has 0 radical (unpaired) electrons. The molecule has 0 aliphatic heterocycles. The zero-order valence-electron chi connectivity index (χ0n) is 13.5. The maximum atomic E-state index is 6.04. The molecule has 2 rings (SSSR count). The summed E-state index contributed by atoms with van der Waals surface area (Å²) in [5.41, 5.74) is 1.03. The number of ether oxygens (including phenoxy) is 1. The third kappa shape index (κ3) is 4.71. The molecule has 1 heterocycles. The van der Waals surface area contributed by atoms with Crippen LogP contribution in [0.3, 0.4) is 0 Å². The summed E-state index contributed by atoms with van der Waals surface area (Å²) in [6.07, 6.45) is 1.81. The van der Waals surface area contributed by atoms with Gasteiger partial charge in [-0.25, -0.2) is 0 Å². The minimum atomic E-state index is 0.0891. The summed E-state index contributed by atoms with van der Waals surface area (Å²) in [4.78, 5) is 4.43. The summed E-state index contributed by atoms with van der Waals surface area (Å²) < 4.78 is 6.04. The topological polar surface area (TPSA) is 34.1 Å². The molecule has 0 amide bonds. The molecule has 0 atom stereocenters.